The molecule has 2 N–H and O–H groups in total. The number of unbranched alkanes of at least 4 members (excludes halogenated alkanes) is 2. The Labute approximate surface area is 113 Å². The number of rotatable bonds is 9. The lowest BCUT2D eigenvalue weighted by Gasteiger charge is -2.07. The van der Waals surface area contributed by atoms with Crippen LogP contribution in [0.1, 0.15) is 26.2 Å². The zero-order chi connectivity index (χ0) is 13.2. The number of hydrogen-bond acceptors (Lipinski definition) is 6. The summed E-state index contributed by atoms with van der Waals surface area (Å²) in [4.78, 5) is 12.2. The Morgan fingerprint density at radius 2 is 1.78 bits per heavy atom. The number of aromatic nitrogens is 3. The second-order valence-electron chi connectivity index (χ2n) is 3.76. The quantitative estimate of drug-likeness (QED) is 0.672. The summed E-state index contributed by atoms with van der Waals surface area (Å²) in [5.41, 5.74) is 0. The van der Waals surface area contributed by atoms with Gasteiger partial charge in [0.25, 0.3) is 0 Å². The average molecular weight is 274 g/mol. The van der Waals surface area contributed by atoms with Crippen LogP contribution in [0.15, 0.2) is 0 Å². The number of ether oxygens (including phenoxy) is 1. The lowest BCUT2D eigenvalue weighted by atomic mass is 10.2. The molecular weight excluding hydrogens is 254 g/mol. The van der Waals surface area contributed by atoms with Gasteiger partial charge in [-0.1, -0.05) is 0 Å². The van der Waals surface area contributed by atoms with Gasteiger partial charge in [-0.2, -0.15) is 15.0 Å². The van der Waals surface area contributed by atoms with Gasteiger partial charge in [0.1, 0.15) is 0 Å². The monoisotopic (exact) mass is 273 g/mol. The van der Waals surface area contributed by atoms with E-state index in [4.69, 9.17) is 16.3 Å². The van der Waals surface area contributed by atoms with Crippen LogP contribution in [0.2, 0.25) is 5.28 Å². The number of nitrogens with one attached hydrogen (secondary N) is 2. The van der Waals surface area contributed by atoms with Crippen LogP contribution in [0.4, 0.5) is 11.9 Å². The minimum Gasteiger partial charge on any atom is -0.385 e. The molecular formula is C11H20ClN5O. The zero-order valence-electron chi connectivity index (χ0n) is 10.9. The third kappa shape index (κ3) is 5.97. The van der Waals surface area contributed by atoms with Crippen LogP contribution in [-0.2, 0) is 4.74 Å². The fourth-order valence-corrected chi connectivity index (χ4v) is 1.57. The summed E-state index contributed by atoms with van der Waals surface area (Å²) in [6, 6.07) is 0. The van der Waals surface area contributed by atoms with Gasteiger partial charge in [-0.15, -0.1) is 0 Å². The molecule has 0 aliphatic heterocycles. The molecule has 0 radical (unpaired) electrons. The molecule has 0 fully saturated rings. The number of halogens is 1. The first kappa shape index (κ1) is 14.9. The molecule has 1 rings (SSSR count). The minimum absolute atomic E-state index is 0.197. The molecule has 102 valence electrons. The second kappa shape index (κ2) is 8.88. The van der Waals surface area contributed by atoms with Gasteiger partial charge in [-0.3, -0.25) is 0 Å². The molecule has 0 amide bonds. The summed E-state index contributed by atoms with van der Waals surface area (Å²) in [6.45, 7) is 4.34. The van der Waals surface area contributed by atoms with Gasteiger partial charge in [0.05, 0.1) is 0 Å². The van der Waals surface area contributed by atoms with E-state index in [1.165, 1.54) is 0 Å². The van der Waals surface area contributed by atoms with Crippen molar-refractivity contribution in [3.05, 3.63) is 5.28 Å². The van der Waals surface area contributed by atoms with E-state index in [1.807, 2.05) is 6.92 Å². The lowest BCUT2D eigenvalue weighted by molar-refractivity contribution is 0.192. The van der Waals surface area contributed by atoms with Crippen molar-refractivity contribution in [3.63, 3.8) is 0 Å². The van der Waals surface area contributed by atoms with Crippen molar-refractivity contribution >= 4 is 23.5 Å². The Kier molecular flexibility index (Phi) is 7.36. The first-order chi connectivity index (χ1) is 8.76. The van der Waals surface area contributed by atoms with Gasteiger partial charge < -0.3 is 15.4 Å². The van der Waals surface area contributed by atoms with E-state index in [1.54, 1.807) is 7.11 Å². The maximum absolute atomic E-state index is 5.81. The highest BCUT2D eigenvalue weighted by Gasteiger charge is 2.03. The van der Waals surface area contributed by atoms with Crippen LogP contribution >= 0.6 is 11.6 Å². The van der Waals surface area contributed by atoms with E-state index in [-0.39, 0.29) is 5.28 Å². The molecule has 0 saturated carbocycles. The maximum atomic E-state index is 5.81. The molecule has 0 spiro atoms. The molecule has 1 aromatic heterocycles. The van der Waals surface area contributed by atoms with Crippen molar-refractivity contribution in [2.45, 2.75) is 26.2 Å². The van der Waals surface area contributed by atoms with Gasteiger partial charge in [-0.25, -0.2) is 0 Å². The van der Waals surface area contributed by atoms with Crippen LogP contribution in [0.3, 0.4) is 0 Å². The highest BCUT2D eigenvalue weighted by atomic mass is 35.5. The number of anilines is 2. The first-order valence-electron chi connectivity index (χ1n) is 6.14. The van der Waals surface area contributed by atoms with Gasteiger partial charge in [0.2, 0.25) is 17.2 Å². The van der Waals surface area contributed by atoms with Crippen molar-refractivity contribution in [1.82, 2.24) is 15.0 Å². The van der Waals surface area contributed by atoms with Crippen molar-refractivity contribution in [3.8, 4) is 0 Å². The van der Waals surface area contributed by atoms with E-state index >= 15 is 0 Å². The van der Waals surface area contributed by atoms with E-state index in [9.17, 15) is 0 Å². The largest absolute Gasteiger partial charge is 0.385 e. The van der Waals surface area contributed by atoms with Crippen LogP contribution in [0, 0.1) is 0 Å². The van der Waals surface area contributed by atoms with E-state index < -0.39 is 0 Å². The fourth-order valence-electron chi connectivity index (χ4n) is 1.41. The minimum atomic E-state index is 0.197. The molecule has 7 heteroatoms. The summed E-state index contributed by atoms with van der Waals surface area (Å²) in [5.74, 6) is 1.01. The number of nitrogens with zero attached hydrogens (tertiary/aromatic N) is 3. The molecule has 0 saturated heterocycles. The second-order valence-corrected chi connectivity index (χ2v) is 4.10. The normalized spacial score (nSPS) is 10.4. The standard InChI is InChI=1S/C11H20ClN5O/c1-3-13-10-15-9(12)16-11(17-10)14-7-5-4-6-8-18-2/h3-8H2,1-2H3,(H2,13,14,15,16,17). The van der Waals surface area contributed by atoms with Crippen molar-refractivity contribution in [2.75, 3.05) is 37.4 Å². The van der Waals surface area contributed by atoms with Gasteiger partial charge in [0, 0.05) is 26.8 Å². The number of methoxy groups -OCH3 is 1. The van der Waals surface area contributed by atoms with Crippen LogP contribution < -0.4 is 10.6 Å². The highest BCUT2D eigenvalue weighted by molar-refractivity contribution is 6.28. The third-order valence-corrected chi connectivity index (χ3v) is 2.42. The Morgan fingerprint density at radius 3 is 2.44 bits per heavy atom. The summed E-state index contributed by atoms with van der Waals surface area (Å²) in [7, 11) is 1.72. The molecule has 0 aromatic carbocycles. The van der Waals surface area contributed by atoms with E-state index in [2.05, 4.69) is 25.6 Å². The summed E-state index contributed by atoms with van der Waals surface area (Å²) < 4.78 is 4.99. The van der Waals surface area contributed by atoms with E-state index in [0.29, 0.717) is 11.9 Å². The molecule has 6 nitrogen and oxygen atoms in total. The van der Waals surface area contributed by atoms with Crippen LogP contribution in [-0.4, -0.2) is 41.8 Å². The third-order valence-electron chi connectivity index (χ3n) is 2.25. The Bertz CT molecular complexity index is 350. The van der Waals surface area contributed by atoms with Gasteiger partial charge in [0.15, 0.2) is 0 Å². The Balaban J connectivity index is 2.32. The summed E-state index contributed by atoms with van der Waals surface area (Å²) in [6.07, 6.45) is 3.22. The van der Waals surface area contributed by atoms with Gasteiger partial charge >= 0.3 is 0 Å². The topological polar surface area (TPSA) is 72.0 Å². The van der Waals surface area contributed by atoms with Crippen molar-refractivity contribution in [1.29, 1.82) is 0 Å². The molecule has 0 atom stereocenters. The highest BCUT2D eigenvalue weighted by Crippen LogP contribution is 2.09. The molecule has 1 aromatic rings. The maximum Gasteiger partial charge on any atom is 0.228 e. The SMILES string of the molecule is CCNc1nc(Cl)nc(NCCCCCOC)n1. The van der Waals surface area contributed by atoms with Crippen molar-refractivity contribution in [2.24, 2.45) is 0 Å². The number of hydrogen-bond donors (Lipinski definition) is 2. The van der Waals surface area contributed by atoms with Gasteiger partial charge in [-0.05, 0) is 37.8 Å². The summed E-state index contributed by atoms with van der Waals surface area (Å²) >= 11 is 5.81. The fraction of sp³-hybridized carbons (Fsp3) is 0.727. The smallest absolute Gasteiger partial charge is 0.228 e. The Morgan fingerprint density at radius 1 is 1.06 bits per heavy atom. The summed E-state index contributed by atoms with van der Waals surface area (Å²) in [5, 5.41) is 6.33. The predicted molar refractivity (Wildman–Crippen MR) is 73.2 cm³/mol. The first-order valence-corrected chi connectivity index (χ1v) is 6.52. The lowest BCUT2D eigenvalue weighted by Crippen LogP contribution is -2.10. The predicted octanol–water partition coefficient (Wildman–Crippen LogP) is 2.19. The Hall–Kier alpha value is -1.14. The van der Waals surface area contributed by atoms with Crippen LogP contribution in [0.5, 0.6) is 0 Å². The molecule has 1 heterocycles. The zero-order valence-corrected chi connectivity index (χ0v) is 11.6. The molecule has 0 unspecified atom stereocenters. The average Bonchev–Trinajstić information content (AvgIpc) is 2.33. The molecule has 0 bridgehead atoms. The molecule has 18 heavy (non-hydrogen) atoms. The molecule has 0 aliphatic rings. The van der Waals surface area contributed by atoms with Crippen LogP contribution in [0.25, 0.3) is 0 Å². The van der Waals surface area contributed by atoms with E-state index in [0.717, 1.165) is 39.0 Å². The molecule has 0 aliphatic carbocycles. The van der Waals surface area contributed by atoms with Crippen molar-refractivity contribution < 1.29 is 4.74 Å².